The monoisotopic (exact) mass is 294 g/mol. The van der Waals surface area contributed by atoms with Gasteiger partial charge in [0.25, 0.3) is 0 Å². The van der Waals surface area contributed by atoms with Crippen LogP contribution in [0, 0.1) is 12.8 Å². The highest BCUT2D eigenvalue weighted by Gasteiger charge is 2.08. The largest absolute Gasteiger partial charge is 0.478 e. The van der Waals surface area contributed by atoms with Crippen molar-refractivity contribution in [2.24, 2.45) is 5.92 Å². The minimum Gasteiger partial charge on any atom is -0.478 e. The Kier molecular flexibility index (Phi) is 6.68. The number of aromatic carboxylic acids is 1. The third-order valence-electron chi connectivity index (χ3n) is 2.70. The van der Waals surface area contributed by atoms with Gasteiger partial charge in [0.2, 0.25) is 0 Å². The minimum absolute atomic E-state index is 0.225. The van der Waals surface area contributed by atoms with Crippen molar-refractivity contribution in [1.29, 1.82) is 0 Å². The predicted octanol–water partition coefficient (Wildman–Crippen LogP) is 2.49. The number of carbonyl (C=O) groups is 2. The topological polar surface area (TPSA) is 87.7 Å². The van der Waals surface area contributed by atoms with Crippen molar-refractivity contribution < 1.29 is 19.4 Å². The molecule has 0 bridgehead atoms. The smallest absolute Gasteiger partial charge is 0.335 e. The Hall–Kier alpha value is -2.08. The molecular formula is C15H22N2O4. The first-order valence-corrected chi connectivity index (χ1v) is 6.86. The predicted molar refractivity (Wildman–Crippen MR) is 80.8 cm³/mol. The van der Waals surface area contributed by atoms with Crippen molar-refractivity contribution in [3.05, 3.63) is 29.3 Å². The first-order chi connectivity index (χ1) is 9.90. The van der Waals surface area contributed by atoms with E-state index < -0.39 is 5.97 Å². The van der Waals surface area contributed by atoms with Gasteiger partial charge in [-0.05, 0) is 36.6 Å². The van der Waals surface area contributed by atoms with Crippen molar-refractivity contribution in [1.82, 2.24) is 5.32 Å². The lowest BCUT2D eigenvalue weighted by Crippen LogP contribution is -2.31. The fraction of sp³-hybridized carbons (Fsp3) is 0.467. The van der Waals surface area contributed by atoms with E-state index in [1.54, 1.807) is 19.1 Å². The van der Waals surface area contributed by atoms with E-state index in [9.17, 15) is 9.59 Å². The molecule has 0 aliphatic rings. The number of carboxylic acids is 1. The molecule has 1 rings (SSSR count). The van der Waals surface area contributed by atoms with E-state index in [1.165, 1.54) is 6.07 Å². The summed E-state index contributed by atoms with van der Waals surface area (Å²) in [4.78, 5) is 22.5. The van der Waals surface area contributed by atoms with Crippen LogP contribution >= 0.6 is 0 Å². The highest BCUT2D eigenvalue weighted by molar-refractivity contribution is 5.92. The maximum absolute atomic E-state index is 11.6. The number of ether oxygens (including phenoxy) is 1. The van der Waals surface area contributed by atoms with Crippen molar-refractivity contribution >= 4 is 17.7 Å². The van der Waals surface area contributed by atoms with Gasteiger partial charge in [0.05, 0.1) is 12.2 Å². The van der Waals surface area contributed by atoms with Crippen LogP contribution in [0.1, 0.15) is 29.8 Å². The molecule has 2 amide bonds. The molecule has 0 atom stereocenters. The van der Waals surface area contributed by atoms with E-state index in [1.807, 2.05) is 0 Å². The number of carboxylic acid groups (broad SMARTS) is 1. The summed E-state index contributed by atoms with van der Waals surface area (Å²) >= 11 is 0. The van der Waals surface area contributed by atoms with Crippen LogP contribution in [-0.2, 0) is 4.74 Å². The molecule has 116 valence electrons. The minimum atomic E-state index is -0.981. The summed E-state index contributed by atoms with van der Waals surface area (Å²) in [6.07, 6.45) is 0. The van der Waals surface area contributed by atoms with Crippen molar-refractivity contribution in [3.63, 3.8) is 0 Å². The van der Waals surface area contributed by atoms with E-state index in [4.69, 9.17) is 9.84 Å². The van der Waals surface area contributed by atoms with E-state index in [0.717, 1.165) is 0 Å². The van der Waals surface area contributed by atoms with Gasteiger partial charge in [-0.1, -0.05) is 13.8 Å². The number of rotatable bonds is 7. The number of aryl methyl sites for hydroxylation is 1. The molecule has 0 spiro atoms. The quantitative estimate of drug-likeness (QED) is 0.674. The van der Waals surface area contributed by atoms with Crippen molar-refractivity contribution in [3.8, 4) is 0 Å². The van der Waals surface area contributed by atoms with Crippen LogP contribution in [0.3, 0.4) is 0 Å². The van der Waals surface area contributed by atoms with Crippen LogP contribution in [0.5, 0.6) is 0 Å². The molecule has 0 unspecified atom stereocenters. The van der Waals surface area contributed by atoms with Crippen molar-refractivity contribution in [2.45, 2.75) is 20.8 Å². The summed E-state index contributed by atoms with van der Waals surface area (Å²) in [5, 5.41) is 14.3. The zero-order valence-corrected chi connectivity index (χ0v) is 12.6. The Balaban J connectivity index is 2.38. The highest BCUT2D eigenvalue weighted by atomic mass is 16.5. The number of benzene rings is 1. The molecule has 0 saturated carbocycles. The Morgan fingerprint density at radius 3 is 2.62 bits per heavy atom. The molecule has 0 aliphatic carbocycles. The lowest BCUT2D eigenvalue weighted by atomic mass is 10.1. The van der Waals surface area contributed by atoms with Gasteiger partial charge >= 0.3 is 12.0 Å². The molecular weight excluding hydrogens is 272 g/mol. The van der Waals surface area contributed by atoms with Crippen LogP contribution in [0.2, 0.25) is 0 Å². The third-order valence-corrected chi connectivity index (χ3v) is 2.70. The van der Waals surface area contributed by atoms with Gasteiger partial charge in [-0.2, -0.15) is 0 Å². The van der Waals surface area contributed by atoms with E-state index in [0.29, 0.717) is 36.9 Å². The second-order valence-corrected chi connectivity index (χ2v) is 5.18. The summed E-state index contributed by atoms with van der Waals surface area (Å²) in [6, 6.07) is 4.31. The highest BCUT2D eigenvalue weighted by Crippen LogP contribution is 2.15. The van der Waals surface area contributed by atoms with Crippen molar-refractivity contribution in [2.75, 3.05) is 25.1 Å². The molecule has 0 heterocycles. The molecule has 3 N–H and O–H groups in total. The Morgan fingerprint density at radius 2 is 2.05 bits per heavy atom. The molecule has 6 nitrogen and oxygen atoms in total. The first kappa shape index (κ1) is 17.0. The fourth-order valence-electron chi connectivity index (χ4n) is 1.71. The van der Waals surface area contributed by atoms with E-state index in [2.05, 4.69) is 24.5 Å². The molecule has 0 aliphatic heterocycles. The number of hydrogen-bond donors (Lipinski definition) is 3. The van der Waals surface area contributed by atoms with Crippen LogP contribution in [0.4, 0.5) is 10.5 Å². The zero-order chi connectivity index (χ0) is 15.8. The van der Waals surface area contributed by atoms with Gasteiger partial charge in [0.1, 0.15) is 0 Å². The number of hydrogen-bond acceptors (Lipinski definition) is 3. The number of nitrogens with one attached hydrogen (secondary N) is 2. The van der Waals surface area contributed by atoms with Gasteiger partial charge in [-0.15, -0.1) is 0 Å². The van der Waals surface area contributed by atoms with Gasteiger partial charge in [0.15, 0.2) is 0 Å². The number of urea groups is 1. The summed E-state index contributed by atoms with van der Waals surface area (Å²) in [5.74, 6) is -0.514. The van der Waals surface area contributed by atoms with E-state index >= 15 is 0 Å². The average Bonchev–Trinajstić information content (AvgIpc) is 2.37. The maximum atomic E-state index is 11.6. The normalized spacial score (nSPS) is 10.5. The summed E-state index contributed by atoms with van der Waals surface area (Å²) in [7, 11) is 0. The fourth-order valence-corrected chi connectivity index (χ4v) is 1.71. The molecule has 1 aromatic carbocycles. The molecule has 0 fully saturated rings. The van der Waals surface area contributed by atoms with E-state index in [-0.39, 0.29) is 11.6 Å². The molecule has 21 heavy (non-hydrogen) atoms. The second-order valence-electron chi connectivity index (χ2n) is 5.18. The lowest BCUT2D eigenvalue weighted by Gasteiger charge is -2.10. The molecule has 1 aromatic rings. The molecule has 6 heteroatoms. The number of anilines is 1. The Labute approximate surface area is 124 Å². The van der Waals surface area contributed by atoms with Crippen LogP contribution in [-0.4, -0.2) is 36.9 Å². The number of carbonyl (C=O) groups excluding carboxylic acids is 1. The Morgan fingerprint density at radius 1 is 1.33 bits per heavy atom. The van der Waals surface area contributed by atoms with Crippen LogP contribution in [0.15, 0.2) is 18.2 Å². The summed E-state index contributed by atoms with van der Waals surface area (Å²) in [5.41, 5.74) is 1.38. The third kappa shape index (κ3) is 6.27. The van der Waals surface area contributed by atoms with Crippen LogP contribution < -0.4 is 10.6 Å². The number of amides is 2. The standard InChI is InChI=1S/C15H22N2O4/c1-10(2)9-21-7-6-16-15(20)17-12-4-5-13(14(18)19)11(3)8-12/h4-5,8,10H,6-7,9H2,1-3H3,(H,18,19)(H2,16,17,20). The van der Waals surface area contributed by atoms with Gasteiger partial charge in [-0.25, -0.2) is 9.59 Å². The van der Waals surface area contributed by atoms with Gasteiger partial charge in [-0.3, -0.25) is 0 Å². The van der Waals surface area contributed by atoms with Crippen LogP contribution in [0.25, 0.3) is 0 Å². The van der Waals surface area contributed by atoms with Gasteiger partial charge in [0, 0.05) is 18.8 Å². The second kappa shape index (κ2) is 8.26. The lowest BCUT2D eigenvalue weighted by molar-refractivity contribution is 0.0696. The SMILES string of the molecule is Cc1cc(NC(=O)NCCOCC(C)C)ccc1C(=O)O. The zero-order valence-electron chi connectivity index (χ0n) is 12.6. The molecule has 0 radical (unpaired) electrons. The average molecular weight is 294 g/mol. The molecule has 0 aromatic heterocycles. The summed E-state index contributed by atoms with van der Waals surface area (Å²) in [6.45, 7) is 7.35. The molecule has 0 saturated heterocycles. The summed E-state index contributed by atoms with van der Waals surface area (Å²) < 4.78 is 5.35. The van der Waals surface area contributed by atoms with Gasteiger partial charge < -0.3 is 20.5 Å². The first-order valence-electron chi connectivity index (χ1n) is 6.86. The Bertz CT molecular complexity index is 500. The maximum Gasteiger partial charge on any atom is 0.335 e.